The molecule has 2 heterocycles. The van der Waals surface area contributed by atoms with Crippen molar-refractivity contribution in [3.05, 3.63) is 90.1 Å². The summed E-state index contributed by atoms with van der Waals surface area (Å²) in [4.78, 5) is 43.7. The second-order valence-electron chi connectivity index (χ2n) is 8.95. The molecule has 0 fully saturated rings. The van der Waals surface area contributed by atoms with Crippen LogP contribution in [0.1, 0.15) is 50.4 Å². The van der Waals surface area contributed by atoms with Gasteiger partial charge in [0.05, 0.1) is 41.7 Å². The number of ether oxygens (including phenoxy) is 4. The van der Waals surface area contributed by atoms with E-state index in [2.05, 4.69) is 4.99 Å². The molecule has 10 heteroatoms. The standard InChI is InChI=1S/C30H32N2O7S/c1-6-36-23-15-20(11-14-22(23)39-17-25(33)37-7-2)16-24-28(34)32-27(21-12-9-18(4)10-13-21)26(29(35)38-8-3)19(5)31-30(32)40-24/h9-16,27H,6-8,17H2,1-5H3/b24-16+/t27-/m0/s1. The van der Waals surface area contributed by atoms with Crippen molar-refractivity contribution in [3.63, 3.8) is 0 Å². The number of fused-ring (bicyclic) bond motifs is 1. The van der Waals surface area contributed by atoms with Gasteiger partial charge >= 0.3 is 11.9 Å². The number of carbonyl (C=O) groups is 2. The zero-order valence-corrected chi connectivity index (χ0v) is 24.0. The highest BCUT2D eigenvalue weighted by Crippen LogP contribution is 2.31. The van der Waals surface area contributed by atoms with Crippen molar-refractivity contribution in [2.75, 3.05) is 26.4 Å². The van der Waals surface area contributed by atoms with Crippen LogP contribution in [0.25, 0.3) is 6.08 Å². The van der Waals surface area contributed by atoms with Crippen LogP contribution in [0.5, 0.6) is 11.5 Å². The van der Waals surface area contributed by atoms with E-state index in [1.807, 2.05) is 38.1 Å². The van der Waals surface area contributed by atoms with E-state index in [4.69, 9.17) is 18.9 Å². The summed E-state index contributed by atoms with van der Waals surface area (Å²) in [5.74, 6) is -0.145. The lowest BCUT2D eigenvalue weighted by Crippen LogP contribution is -2.39. The molecule has 1 aromatic heterocycles. The van der Waals surface area contributed by atoms with E-state index in [9.17, 15) is 14.4 Å². The molecule has 1 atom stereocenters. The summed E-state index contributed by atoms with van der Waals surface area (Å²) in [5.41, 5.74) is 3.13. The van der Waals surface area contributed by atoms with E-state index in [1.54, 1.807) is 49.6 Å². The number of hydrogen-bond acceptors (Lipinski definition) is 9. The number of nitrogens with zero attached hydrogens (tertiary/aromatic N) is 2. The highest BCUT2D eigenvalue weighted by atomic mass is 32.1. The molecule has 1 aliphatic rings. The van der Waals surface area contributed by atoms with Crippen molar-refractivity contribution in [3.8, 4) is 11.5 Å². The summed E-state index contributed by atoms with van der Waals surface area (Å²) in [6.45, 7) is 9.66. The first kappa shape index (κ1) is 28.8. The van der Waals surface area contributed by atoms with Crippen molar-refractivity contribution in [1.82, 2.24) is 4.57 Å². The fourth-order valence-corrected chi connectivity index (χ4v) is 5.39. The number of thiazole rings is 1. The largest absolute Gasteiger partial charge is 0.490 e. The summed E-state index contributed by atoms with van der Waals surface area (Å²) >= 11 is 1.24. The van der Waals surface area contributed by atoms with E-state index in [1.165, 1.54) is 11.3 Å². The van der Waals surface area contributed by atoms with Gasteiger partial charge in [-0.15, -0.1) is 0 Å². The fraction of sp³-hybridized carbons (Fsp3) is 0.333. The molecule has 4 rings (SSSR count). The highest BCUT2D eigenvalue weighted by Gasteiger charge is 2.33. The lowest BCUT2D eigenvalue weighted by atomic mass is 9.95. The van der Waals surface area contributed by atoms with Crippen LogP contribution in [-0.2, 0) is 19.1 Å². The van der Waals surface area contributed by atoms with Gasteiger partial charge in [0.15, 0.2) is 22.9 Å². The first-order valence-corrected chi connectivity index (χ1v) is 13.9. The summed E-state index contributed by atoms with van der Waals surface area (Å²) in [7, 11) is 0. The Morgan fingerprint density at radius 1 is 0.950 bits per heavy atom. The molecular weight excluding hydrogens is 532 g/mol. The average Bonchev–Trinajstić information content (AvgIpc) is 3.22. The van der Waals surface area contributed by atoms with Crippen molar-refractivity contribution in [1.29, 1.82) is 0 Å². The number of allylic oxidation sites excluding steroid dienone is 1. The SMILES string of the molecule is CCOC(=O)COc1ccc(/C=c2/sc3n(c2=O)[C@@H](c2ccc(C)cc2)C(C(=O)OCC)=C(C)N=3)cc1OCC. The molecule has 40 heavy (non-hydrogen) atoms. The summed E-state index contributed by atoms with van der Waals surface area (Å²) in [6, 6.07) is 12.3. The van der Waals surface area contributed by atoms with Crippen LogP contribution < -0.4 is 24.4 Å². The molecule has 0 saturated heterocycles. The van der Waals surface area contributed by atoms with Gasteiger partial charge in [0.2, 0.25) is 0 Å². The normalized spacial score (nSPS) is 14.8. The first-order chi connectivity index (χ1) is 19.3. The van der Waals surface area contributed by atoms with Crippen LogP contribution in [0, 0.1) is 6.92 Å². The summed E-state index contributed by atoms with van der Waals surface area (Å²) in [5, 5.41) is 0. The number of benzene rings is 2. The van der Waals surface area contributed by atoms with Crippen LogP contribution in [0.2, 0.25) is 0 Å². The Hall–Kier alpha value is -4.18. The molecule has 0 amide bonds. The molecule has 3 aromatic rings. The predicted octanol–water partition coefficient (Wildman–Crippen LogP) is 3.45. The van der Waals surface area contributed by atoms with Crippen LogP contribution in [0.4, 0.5) is 0 Å². The second kappa shape index (κ2) is 12.8. The van der Waals surface area contributed by atoms with Gasteiger partial charge in [-0.25, -0.2) is 14.6 Å². The molecular formula is C30H32N2O7S. The Bertz CT molecular complexity index is 1620. The van der Waals surface area contributed by atoms with Crippen LogP contribution in [0.15, 0.2) is 63.5 Å². The number of aryl methyl sites for hydroxylation is 1. The molecule has 9 nitrogen and oxygen atoms in total. The van der Waals surface area contributed by atoms with Crippen LogP contribution >= 0.6 is 11.3 Å². The Morgan fingerprint density at radius 2 is 1.68 bits per heavy atom. The Labute approximate surface area is 236 Å². The third-order valence-corrected chi connectivity index (χ3v) is 7.11. The molecule has 0 radical (unpaired) electrons. The van der Waals surface area contributed by atoms with Gasteiger partial charge in [0, 0.05) is 0 Å². The smallest absolute Gasteiger partial charge is 0.344 e. The lowest BCUT2D eigenvalue weighted by molar-refractivity contribution is -0.145. The molecule has 0 saturated carbocycles. The van der Waals surface area contributed by atoms with E-state index in [0.717, 1.165) is 11.1 Å². The zero-order valence-electron chi connectivity index (χ0n) is 23.2. The van der Waals surface area contributed by atoms with Gasteiger partial charge in [-0.2, -0.15) is 0 Å². The minimum atomic E-state index is -0.671. The van der Waals surface area contributed by atoms with Gasteiger partial charge in [-0.05, 0) is 64.0 Å². The average molecular weight is 565 g/mol. The topological polar surface area (TPSA) is 105 Å². The summed E-state index contributed by atoms with van der Waals surface area (Å²) < 4.78 is 23.6. The third-order valence-electron chi connectivity index (χ3n) is 6.13. The monoisotopic (exact) mass is 564 g/mol. The van der Waals surface area contributed by atoms with Gasteiger partial charge < -0.3 is 18.9 Å². The van der Waals surface area contributed by atoms with Gasteiger partial charge in [-0.1, -0.05) is 47.2 Å². The predicted molar refractivity (Wildman–Crippen MR) is 151 cm³/mol. The number of hydrogen-bond donors (Lipinski definition) is 0. The lowest BCUT2D eigenvalue weighted by Gasteiger charge is -2.24. The zero-order chi connectivity index (χ0) is 28.8. The Morgan fingerprint density at radius 3 is 2.35 bits per heavy atom. The van der Waals surface area contributed by atoms with Crippen molar-refractivity contribution in [2.45, 2.75) is 40.7 Å². The molecule has 0 N–H and O–H groups in total. The quantitative estimate of drug-likeness (QED) is 0.348. The van der Waals surface area contributed by atoms with E-state index in [0.29, 0.717) is 44.3 Å². The molecule has 0 bridgehead atoms. The second-order valence-corrected chi connectivity index (χ2v) is 9.95. The molecule has 0 unspecified atom stereocenters. The number of rotatable bonds is 10. The van der Waals surface area contributed by atoms with E-state index >= 15 is 0 Å². The van der Waals surface area contributed by atoms with Crippen molar-refractivity contribution >= 4 is 29.4 Å². The maximum atomic E-state index is 13.8. The minimum Gasteiger partial charge on any atom is -0.490 e. The van der Waals surface area contributed by atoms with Gasteiger partial charge in [-0.3, -0.25) is 9.36 Å². The van der Waals surface area contributed by atoms with Crippen LogP contribution in [0.3, 0.4) is 0 Å². The van der Waals surface area contributed by atoms with Gasteiger partial charge in [0.25, 0.3) is 5.56 Å². The Balaban J connectivity index is 1.79. The van der Waals surface area contributed by atoms with Crippen molar-refractivity contribution < 1.29 is 28.5 Å². The molecule has 2 aromatic carbocycles. The first-order valence-electron chi connectivity index (χ1n) is 13.1. The fourth-order valence-electron chi connectivity index (χ4n) is 4.35. The van der Waals surface area contributed by atoms with Crippen LogP contribution in [-0.4, -0.2) is 42.9 Å². The van der Waals surface area contributed by atoms with Gasteiger partial charge in [0.1, 0.15) is 0 Å². The maximum absolute atomic E-state index is 13.8. The number of carbonyl (C=O) groups excluding carboxylic acids is 2. The van der Waals surface area contributed by atoms with E-state index in [-0.39, 0.29) is 25.4 Å². The summed E-state index contributed by atoms with van der Waals surface area (Å²) in [6.07, 6.45) is 1.75. The van der Waals surface area contributed by atoms with Crippen molar-refractivity contribution in [2.24, 2.45) is 4.99 Å². The molecule has 0 spiro atoms. The van der Waals surface area contributed by atoms with E-state index < -0.39 is 18.0 Å². The Kier molecular flexibility index (Phi) is 9.21. The third kappa shape index (κ3) is 6.17. The highest BCUT2D eigenvalue weighted by molar-refractivity contribution is 7.07. The molecule has 1 aliphatic heterocycles. The number of aromatic nitrogens is 1. The minimum absolute atomic E-state index is 0.211. The number of esters is 2. The molecule has 0 aliphatic carbocycles. The maximum Gasteiger partial charge on any atom is 0.344 e. The molecule has 210 valence electrons.